The predicted molar refractivity (Wildman–Crippen MR) is 69.9 cm³/mol. The molecule has 0 aliphatic rings. The van der Waals surface area contributed by atoms with Gasteiger partial charge in [-0.15, -0.1) is 0 Å². The Morgan fingerprint density at radius 1 is 1.41 bits per heavy atom. The summed E-state index contributed by atoms with van der Waals surface area (Å²) >= 11 is 0. The Balaban J connectivity index is 2.19. The quantitative estimate of drug-likeness (QED) is 0.730. The molecule has 0 bridgehead atoms. The molecule has 1 rings (SSSR count). The lowest BCUT2D eigenvalue weighted by Crippen LogP contribution is -2.37. The van der Waals surface area contributed by atoms with Crippen molar-refractivity contribution in [1.29, 1.82) is 0 Å². The molecule has 0 aliphatic carbocycles. The zero-order valence-corrected chi connectivity index (χ0v) is 10.8. The third-order valence-corrected chi connectivity index (χ3v) is 2.77. The van der Waals surface area contributed by atoms with Crippen LogP contribution in [0.3, 0.4) is 0 Å². The first-order chi connectivity index (χ1) is 8.22. The lowest BCUT2D eigenvalue weighted by atomic mass is 10.2. The van der Waals surface area contributed by atoms with Crippen LogP contribution in [0.2, 0.25) is 0 Å². The van der Waals surface area contributed by atoms with Gasteiger partial charge in [-0.05, 0) is 37.6 Å². The topological polar surface area (TPSA) is 51.4 Å². The molecule has 1 unspecified atom stereocenters. The smallest absolute Gasteiger partial charge is 0.0477 e. The molecule has 1 aromatic heterocycles. The normalized spacial score (nSPS) is 12.9. The van der Waals surface area contributed by atoms with E-state index >= 15 is 0 Å². The van der Waals surface area contributed by atoms with E-state index in [9.17, 15) is 0 Å². The Hall–Kier alpha value is -0.970. The van der Waals surface area contributed by atoms with Gasteiger partial charge in [0.2, 0.25) is 0 Å². The summed E-state index contributed by atoms with van der Waals surface area (Å²) in [5.41, 5.74) is 7.31. The first-order valence-corrected chi connectivity index (χ1v) is 6.04. The molecular weight excluding hydrogens is 214 g/mol. The van der Waals surface area contributed by atoms with Gasteiger partial charge in [-0.25, -0.2) is 0 Å². The molecule has 1 heterocycles. The van der Waals surface area contributed by atoms with E-state index in [1.54, 1.807) is 7.11 Å². The summed E-state index contributed by atoms with van der Waals surface area (Å²) in [5.74, 6) is 0. The molecular formula is C13H23N3O. The molecule has 17 heavy (non-hydrogen) atoms. The fourth-order valence-electron chi connectivity index (χ4n) is 1.72. The zero-order chi connectivity index (χ0) is 12.5. The van der Waals surface area contributed by atoms with Crippen LogP contribution >= 0.6 is 0 Å². The van der Waals surface area contributed by atoms with Crippen LogP contribution in [0.1, 0.15) is 12.0 Å². The molecule has 0 amide bonds. The SMILES string of the molecule is COCCC(N)CN(C)CCc1ccncc1. The Morgan fingerprint density at radius 2 is 2.12 bits per heavy atom. The van der Waals surface area contributed by atoms with E-state index in [2.05, 4.69) is 29.1 Å². The van der Waals surface area contributed by atoms with E-state index < -0.39 is 0 Å². The number of nitrogens with two attached hydrogens (primary N) is 1. The minimum atomic E-state index is 0.192. The number of pyridine rings is 1. The molecule has 4 nitrogen and oxygen atoms in total. The van der Waals surface area contributed by atoms with Crippen molar-refractivity contribution in [2.75, 3.05) is 33.9 Å². The largest absolute Gasteiger partial charge is 0.385 e. The number of aromatic nitrogens is 1. The summed E-state index contributed by atoms with van der Waals surface area (Å²) in [4.78, 5) is 6.27. The van der Waals surface area contributed by atoms with E-state index in [0.29, 0.717) is 0 Å². The van der Waals surface area contributed by atoms with Gasteiger partial charge in [0.05, 0.1) is 0 Å². The van der Waals surface area contributed by atoms with Crippen molar-refractivity contribution < 1.29 is 4.74 Å². The maximum Gasteiger partial charge on any atom is 0.0477 e. The highest BCUT2D eigenvalue weighted by Crippen LogP contribution is 2.00. The van der Waals surface area contributed by atoms with Crippen molar-refractivity contribution in [3.8, 4) is 0 Å². The van der Waals surface area contributed by atoms with Gasteiger partial charge in [-0.1, -0.05) is 0 Å². The third-order valence-electron chi connectivity index (χ3n) is 2.77. The second kappa shape index (κ2) is 8.17. The van der Waals surface area contributed by atoms with E-state index in [4.69, 9.17) is 10.5 Å². The summed E-state index contributed by atoms with van der Waals surface area (Å²) in [5, 5.41) is 0. The van der Waals surface area contributed by atoms with Gasteiger partial charge in [0.1, 0.15) is 0 Å². The monoisotopic (exact) mass is 237 g/mol. The first-order valence-electron chi connectivity index (χ1n) is 6.04. The van der Waals surface area contributed by atoms with Gasteiger partial charge in [0, 0.05) is 45.2 Å². The first kappa shape index (κ1) is 14.1. The average Bonchev–Trinajstić information content (AvgIpc) is 2.35. The van der Waals surface area contributed by atoms with E-state index in [1.165, 1.54) is 5.56 Å². The summed E-state index contributed by atoms with van der Waals surface area (Å²) in [6.07, 6.45) is 5.62. The predicted octanol–water partition coefficient (Wildman–Crippen LogP) is 0.920. The van der Waals surface area contributed by atoms with Crippen LogP contribution in [0, 0.1) is 0 Å². The number of nitrogens with zero attached hydrogens (tertiary/aromatic N) is 2. The Morgan fingerprint density at radius 3 is 2.76 bits per heavy atom. The average molecular weight is 237 g/mol. The van der Waals surface area contributed by atoms with Gasteiger partial charge in [0.25, 0.3) is 0 Å². The molecule has 1 atom stereocenters. The minimum absolute atomic E-state index is 0.192. The second-order valence-electron chi connectivity index (χ2n) is 4.41. The highest BCUT2D eigenvalue weighted by Gasteiger charge is 2.06. The highest BCUT2D eigenvalue weighted by molar-refractivity contribution is 5.09. The van der Waals surface area contributed by atoms with Gasteiger partial charge >= 0.3 is 0 Å². The second-order valence-corrected chi connectivity index (χ2v) is 4.41. The maximum absolute atomic E-state index is 6.00. The van der Waals surface area contributed by atoms with Crippen LogP contribution in [-0.2, 0) is 11.2 Å². The van der Waals surface area contributed by atoms with Crippen LogP contribution in [0.25, 0.3) is 0 Å². The number of hydrogen-bond donors (Lipinski definition) is 1. The molecule has 0 saturated carbocycles. The molecule has 0 fully saturated rings. The standard InChI is InChI=1S/C13H23N3O/c1-16(11-13(14)6-10-17-2)9-5-12-3-7-15-8-4-12/h3-4,7-8,13H,5-6,9-11,14H2,1-2H3. The molecule has 96 valence electrons. The lowest BCUT2D eigenvalue weighted by molar-refractivity contribution is 0.180. The van der Waals surface area contributed by atoms with Gasteiger partial charge in [-0.2, -0.15) is 0 Å². The summed E-state index contributed by atoms with van der Waals surface area (Å²) in [6, 6.07) is 4.30. The zero-order valence-electron chi connectivity index (χ0n) is 10.8. The maximum atomic E-state index is 6.00. The molecule has 0 spiro atoms. The Bertz CT molecular complexity index is 292. The number of hydrogen-bond acceptors (Lipinski definition) is 4. The fourth-order valence-corrected chi connectivity index (χ4v) is 1.72. The summed E-state index contributed by atoms with van der Waals surface area (Å²) in [7, 11) is 3.81. The van der Waals surface area contributed by atoms with Crippen LogP contribution in [0.4, 0.5) is 0 Å². The lowest BCUT2D eigenvalue weighted by Gasteiger charge is -2.21. The van der Waals surface area contributed by atoms with Crippen molar-refractivity contribution in [2.24, 2.45) is 5.73 Å². The fraction of sp³-hybridized carbons (Fsp3) is 0.615. The van der Waals surface area contributed by atoms with Crippen molar-refractivity contribution in [3.05, 3.63) is 30.1 Å². The molecule has 4 heteroatoms. The van der Waals surface area contributed by atoms with Crippen molar-refractivity contribution >= 4 is 0 Å². The molecule has 2 N–H and O–H groups in total. The number of rotatable bonds is 8. The van der Waals surface area contributed by atoms with Gasteiger partial charge in [0.15, 0.2) is 0 Å². The van der Waals surface area contributed by atoms with Crippen molar-refractivity contribution in [3.63, 3.8) is 0 Å². The van der Waals surface area contributed by atoms with Crippen molar-refractivity contribution in [2.45, 2.75) is 18.9 Å². The van der Waals surface area contributed by atoms with Crippen LogP contribution in [0.15, 0.2) is 24.5 Å². The molecule has 0 saturated heterocycles. The molecule has 0 radical (unpaired) electrons. The third kappa shape index (κ3) is 6.36. The molecule has 0 aromatic carbocycles. The van der Waals surface area contributed by atoms with Crippen LogP contribution in [-0.4, -0.2) is 49.8 Å². The van der Waals surface area contributed by atoms with Crippen LogP contribution in [0.5, 0.6) is 0 Å². The molecule has 0 aliphatic heterocycles. The van der Waals surface area contributed by atoms with E-state index in [1.807, 2.05) is 12.4 Å². The number of likely N-dealkylation sites (N-methyl/N-ethyl adjacent to an activating group) is 1. The number of ether oxygens (including phenoxy) is 1. The highest BCUT2D eigenvalue weighted by atomic mass is 16.5. The van der Waals surface area contributed by atoms with E-state index in [-0.39, 0.29) is 6.04 Å². The summed E-state index contributed by atoms with van der Waals surface area (Å²) < 4.78 is 5.02. The molecule has 1 aromatic rings. The van der Waals surface area contributed by atoms with Crippen LogP contribution < -0.4 is 5.73 Å². The van der Waals surface area contributed by atoms with E-state index in [0.717, 1.165) is 32.5 Å². The minimum Gasteiger partial charge on any atom is -0.385 e. The Labute approximate surface area is 104 Å². The summed E-state index contributed by atoms with van der Waals surface area (Å²) in [6.45, 7) is 2.67. The number of methoxy groups -OCH3 is 1. The van der Waals surface area contributed by atoms with Gasteiger partial charge < -0.3 is 15.4 Å². The Kier molecular flexibility index (Phi) is 6.77. The van der Waals surface area contributed by atoms with Crippen molar-refractivity contribution in [1.82, 2.24) is 9.88 Å². The van der Waals surface area contributed by atoms with Gasteiger partial charge in [-0.3, -0.25) is 4.98 Å².